The van der Waals surface area contributed by atoms with Crippen LogP contribution in [0.25, 0.3) is 0 Å². The van der Waals surface area contributed by atoms with E-state index in [1.54, 1.807) is 0 Å². The lowest BCUT2D eigenvalue weighted by molar-refractivity contribution is -0.213. The first kappa shape index (κ1) is 29.3. The minimum absolute atomic E-state index is 0.0951. The highest BCUT2D eigenvalue weighted by Crippen LogP contribution is 2.33. The van der Waals surface area contributed by atoms with E-state index in [9.17, 15) is 36.3 Å². The van der Waals surface area contributed by atoms with Gasteiger partial charge in [0.15, 0.2) is 9.84 Å². The summed E-state index contributed by atoms with van der Waals surface area (Å²) in [5.41, 5.74) is -1.34. The Kier molecular flexibility index (Phi) is 8.47. The molecule has 0 radical (unpaired) electrons. The number of sulfone groups is 1. The van der Waals surface area contributed by atoms with Crippen LogP contribution in [0.2, 0.25) is 0 Å². The molecule has 41 heavy (non-hydrogen) atoms. The van der Waals surface area contributed by atoms with Gasteiger partial charge in [-0.1, -0.05) is 0 Å². The maximum atomic E-state index is 13.4. The van der Waals surface area contributed by atoms with Crippen LogP contribution in [0.3, 0.4) is 0 Å². The number of alkyl halides is 3. The molecular formula is C26H23F3N5O6S-. The number of aromatic nitrogens is 1. The number of nitrogens with zero attached hydrogens (tertiary/aromatic N) is 3. The molecule has 15 heteroatoms. The third-order valence-corrected chi connectivity index (χ3v) is 7.57. The fourth-order valence-electron chi connectivity index (χ4n) is 3.83. The average Bonchev–Trinajstić information content (AvgIpc) is 2.93. The second kappa shape index (κ2) is 11.8. The number of nitrogens with one attached hydrogen (secondary N) is 2. The lowest BCUT2D eigenvalue weighted by Crippen LogP contribution is -2.44. The molecule has 4 rings (SSSR count). The molecule has 0 aliphatic carbocycles. The van der Waals surface area contributed by atoms with Crippen molar-refractivity contribution in [2.75, 3.05) is 42.3 Å². The molecule has 216 valence electrons. The van der Waals surface area contributed by atoms with Crippen LogP contribution in [-0.4, -0.2) is 67.8 Å². The molecule has 2 N–H and O–H groups in total. The van der Waals surface area contributed by atoms with E-state index in [0.29, 0.717) is 23.6 Å². The van der Waals surface area contributed by atoms with Gasteiger partial charge >= 0.3 is 12.2 Å². The molecule has 0 bridgehead atoms. The molecule has 1 saturated heterocycles. The summed E-state index contributed by atoms with van der Waals surface area (Å²) < 4.78 is 69.2. The Morgan fingerprint density at radius 3 is 2.32 bits per heavy atom. The largest absolute Gasteiger partial charge is 0.857 e. The molecular weight excluding hydrogens is 567 g/mol. The quantitative estimate of drug-likeness (QED) is 0.330. The Balaban J connectivity index is 1.47. The maximum absolute atomic E-state index is 13.4. The molecule has 1 aromatic heterocycles. The normalized spacial score (nSPS) is 15.2. The third-order valence-electron chi connectivity index (χ3n) is 5.96. The number of carbonyl (C=O) groups is 2. The number of halogens is 3. The Bertz CT molecular complexity index is 1580. The first-order chi connectivity index (χ1) is 19.3. The monoisotopic (exact) mass is 590 g/mol. The van der Waals surface area contributed by atoms with Gasteiger partial charge < -0.3 is 30.4 Å². The molecule has 0 unspecified atom stereocenters. The Labute approximate surface area is 232 Å². The van der Waals surface area contributed by atoms with Crippen molar-refractivity contribution in [1.29, 1.82) is 0 Å². The molecule has 2 heterocycles. The number of hydrogen-bond donors (Lipinski definition) is 2. The Morgan fingerprint density at radius 1 is 1.00 bits per heavy atom. The van der Waals surface area contributed by atoms with Crippen molar-refractivity contribution >= 4 is 39.0 Å². The highest BCUT2D eigenvalue weighted by atomic mass is 32.2. The van der Waals surface area contributed by atoms with Crippen molar-refractivity contribution in [3.63, 3.8) is 0 Å². The van der Waals surface area contributed by atoms with Crippen molar-refractivity contribution in [3.05, 3.63) is 77.6 Å². The van der Waals surface area contributed by atoms with Crippen LogP contribution in [0.15, 0.2) is 65.8 Å². The van der Waals surface area contributed by atoms with E-state index in [4.69, 9.17) is 4.74 Å². The van der Waals surface area contributed by atoms with Crippen LogP contribution in [0.5, 0.6) is 11.5 Å². The summed E-state index contributed by atoms with van der Waals surface area (Å²) in [6.07, 6.45) is -3.36. The standard InChI is InChI=1S/C26H24F3N5O6S/c1-30-23(35)22-15-19(8-9-31-22)40-18-5-3-17(4-6-18)32-25(37)33-21-14-16(26(27,28)29)2-7-20(21)24(36)34-10-12-41(38,39)13-11-34/h2-9,14-15H,10-13H2,1H3,(H,30,35)(H2,32,33,37)/p-1. The lowest BCUT2D eigenvalue weighted by atomic mass is 10.1. The predicted molar refractivity (Wildman–Crippen MR) is 142 cm³/mol. The minimum atomic E-state index is -4.74. The molecule has 3 amide bonds. The van der Waals surface area contributed by atoms with Gasteiger partial charge in [-0.25, -0.2) is 13.2 Å². The van der Waals surface area contributed by atoms with Gasteiger partial charge in [0.05, 0.1) is 34.0 Å². The van der Waals surface area contributed by atoms with Crippen LogP contribution < -0.4 is 20.5 Å². The van der Waals surface area contributed by atoms with E-state index < -0.39 is 45.1 Å². The van der Waals surface area contributed by atoms with E-state index in [-0.39, 0.29) is 41.5 Å². The molecule has 2 aromatic carbocycles. The zero-order valence-electron chi connectivity index (χ0n) is 21.4. The van der Waals surface area contributed by atoms with Crippen molar-refractivity contribution in [2.45, 2.75) is 6.18 Å². The molecule has 1 fully saturated rings. The summed E-state index contributed by atoms with van der Waals surface area (Å²) >= 11 is 0. The highest BCUT2D eigenvalue weighted by Gasteiger charge is 2.33. The van der Waals surface area contributed by atoms with Gasteiger partial charge in [0, 0.05) is 44.0 Å². The van der Waals surface area contributed by atoms with Crippen LogP contribution >= 0.6 is 0 Å². The summed E-state index contributed by atoms with van der Waals surface area (Å²) in [5.74, 6) is -1.09. The van der Waals surface area contributed by atoms with Crippen molar-refractivity contribution in [2.24, 2.45) is 4.99 Å². The van der Waals surface area contributed by atoms with Crippen LogP contribution in [-0.2, 0) is 16.0 Å². The Hall–Kier alpha value is -4.66. The molecule has 1 aliphatic heterocycles. The second-order valence-corrected chi connectivity index (χ2v) is 11.1. The second-order valence-electron chi connectivity index (χ2n) is 8.81. The third kappa shape index (κ3) is 7.51. The maximum Gasteiger partial charge on any atom is 0.416 e. The van der Waals surface area contributed by atoms with Crippen LogP contribution in [0.1, 0.15) is 21.6 Å². The zero-order valence-corrected chi connectivity index (χ0v) is 22.3. The average molecular weight is 591 g/mol. The van der Waals surface area contributed by atoms with Gasteiger partial charge in [-0.3, -0.25) is 9.78 Å². The predicted octanol–water partition coefficient (Wildman–Crippen LogP) is 3.14. The number of hydrogen-bond acceptors (Lipinski definition) is 8. The first-order valence-corrected chi connectivity index (χ1v) is 13.8. The Morgan fingerprint density at radius 2 is 1.68 bits per heavy atom. The number of urea groups is 1. The number of rotatable bonds is 6. The van der Waals surface area contributed by atoms with Gasteiger partial charge in [-0.05, 0) is 48.5 Å². The van der Waals surface area contributed by atoms with E-state index in [2.05, 4.69) is 20.6 Å². The SMILES string of the molecule is CN=C([O-])c1cc(Oc2ccc(NC(=O)Nc3cc(C(F)(F)F)ccc3C(=O)N3CCS(=O)(=O)CC3)cc2)ccn1. The van der Waals surface area contributed by atoms with E-state index in [1.165, 1.54) is 54.5 Å². The minimum Gasteiger partial charge on any atom is -0.857 e. The number of benzene rings is 2. The van der Waals surface area contributed by atoms with Crippen LogP contribution in [0.4, 0.5) is 29.3 Å². The summed E-state index contributed by atoms with van der Waals surface area (Å²) in [6.45, 7) is -0.236. The summed E-state index contributed by atoms with van der Waals surface area (Å²) in [5, 5.41) is 16.5. The topological polar surface area (TPSA) is 153 Å². The number of ether oxygens (including phenoxy) is 1. The fourth-order valence-corrected chi connectivity index (χ4v) is 5.03. The van der Waals surface area contributed by atoms with Gasteiger partial charge in [-0.2, -0.15) is 13.2 Å². The lowest BCUT2D eigenvalue weighted by Gasteiger charge is -2.27. The molecule has 1 aliphatic rings. The molecule has 0 saturated carbocycles. The fraction of sp³-hybridized carbons (Fsp3) is 0.231. The zero-order chi connectivity index (χ0) is 29.8. The first-order valence-electron chi connectivity index (χ1n) is 12.0. The molecule has 3 aromatic rings. The van der Waals surface area contributed by atoms with Crippen LogP contribution in [0, 0.1) is 0 Å². The molecule has 11 nitrogen and oxygen atoms in total. The number of amides is 3. The van der Waals surface area contributed by atoms with E-state index >= 15 is 0 Å². The van der Waals surface area contributed by atoms with Crippen molar-refractivity contribution in [3.8, 4) is 11.5 Å². The van der Waals surface area contributed by atoms with E-state index in [0.717, 1.165) is 6.07 Å². The number of pyridine rings is 1. The number of anilines is 2. The highest BCUT2D eigenvalue weighted by molar-refractivity contribution is 7.91. The van der Waals surface area contributed by atoms with E-state index in [1.807, 2.05) is 0 Å². The summed E-state index contributed by atoms with van der Waals surface area (Å²) in [6, 6.07) is 10.3. The van der Waals surface area contributed by atoms with Crippen molar-refractivity contribution < 1.29 is 41.0 Å². The van der Waals surface area contributed by atoms with Gasteiger partial charge in [-0.15, -0.1) is 0 Å². The van der Waals surface area contributed by atoms with Gasteiger partial charge in [0.1, 0.15) is 11.5 Å². The summed E-state index contributed by atoms with van der Waals surface area (Å²) in [7, 11) is -1.96. The summed E-state index contributed by atoms with van der Waals surface area (Å²) in [4.78, 5) is 34.4. The van der Waals surface area contributed by atoms with Crippen molar-refractivity contribution in [1.82, 2.24) is 9.88 Å². The molecule has 0 spiro atoms. The smallest absolute Gasteiger partial charge is 0.416 e. The molecule has 0 atom stereocenters. The van der Waals surface area contributed by atoms with Gasteiger partial charge in [0.2, 0.25) is 0 Å². The van der Waals surface area contributed by atoms with Gasteiger partial charge in [0.25, 0.3) is 5.91 Å². The number of aliphatic imine (C=N–C) groups is 1. The number of carbonyl (C=O) groups excluding carboxylic acids is 2.